The maximum atomic E-state index is 6.31. The van der Waals surface area contributed by atoms with Crippen molar-refractivity contribution < 1.29 is 4.52 Å². The molecule has 5 nitrogen and oxygen atoms in total. The summed E-state index contributed by atoms with van der Waals surface area (Å²) in [6.07, 6.45) is 4.99. The molecule has 2 aromatic rings. The van der Waals surface area contributed by atoms with Crippen molar-refractivity contribution in [2.75, 3.05) is 0 Å². The molecule has 1 saturated carbocycles. The van der Waals surface area contributed by atoms with Gasteiger partial charge in [0, 0.05) is 17.6 Å². The lowest BCUT2D eigenvalue weighted by molar-refractivity contribution is 0.174. The van der Waals surface area contributed by atoms with Crippen LogP contribution in [0.4, 0.5) is 0 Å². The molecule has 1 aromatic heterocycles. The van der Waals surface area contributed by atoms with Crippen LogP contribution in [0.2, 0.25) is 5.02 Å². The fourth-order valence-corrected chi connectivity index (χ4v) is 3.24. The maximum absolute atomic E-state index is 6.31. The van der Waals surface area contributed by atoms with Gasteiger partial charge < -0.3 is 10.3 Å². The Bertz CT molecular complexity index is 614. The van der Waals surface area contributed by atoms with E-state index in [0.717, 1.165) is 17.1 Å². The average molecular weight is 357 g/mol. The highest BCUT2D eigenvalue weighted by atomic mass is 35.5. The molecule has 1 fully saturated rings. The molecule has 0 saturated heterocycles. The second-order valence-electron chi connectivity index (χ2n) is 5.74. The van der Waals surface area contributed by atoms with Gasteiger partial charge in [-0.2, -0.15) is 4.98 Å². The van der Waals surface area contributed by atoms with Crippen molar-refractivity contribution in [3.63, 3.8) is 0 Å². The third-order valence-corrected chi connectivity index (χ3v) is 4.57. The smallest absolute Gasteiger partial charge is 0.240 e. The first-order valence-electron chi connectivity index (χ1n) is 7.75. The van der Waals surface area contributed by atoms with Crippen LogP contribution in [0.1, 0.15) is 43.0 Å². The fourth-order valence-electron chi connectivity index (χ4n) is 3.05. The van der Waals surface area contributed by atoms with Crippen LogP contribution in [0.3, 0.4) is 0 Å². The van der Waals surface area contributed by atoms with Gasteiger partial charge in [0.2, 0.25) is 5.89 Å². The number of nitrogens with zero attached hydrogens (tertiary/aromatic N) is 3. The number of aromatic nitrogens is 2. The molecule has 1 aliphatic carbocycles. The number of nitrogens with two attached hydrogens (primary N) is 1. The lowest BCUT2D eigenvalue weighted by atomic mass is 10.1. The summed E-state index contributed by atoms with van der Waals surface area (Å²) in [5.41, 5.74) is 6.67. The van der Waals surface area contributed by atoms with Gasteiger partial charge in [0.05, 0.1) is 13.1 Å². The number of hydrogen-bond donors (Lipinski definition) is 1. The molecule has 0 amide bonds. The summed E-state index contributed by atoms with van der Waals surface area (Å²) in [7, 11) is 0. The minimum atomic E-state index is 0. The standard InChI is InChI=1S/C16H21ClN4O.ClH/c17-14-8-4-1-5-12(14)10-21(13-6-2-3-7-13)11-15-19-16(9-18)22-20-15;/h1,4-5,8,13H,2-3,6-7,9-11,18H2;1H. The molecular formula is C16H22Cl2N4O. The number of rotatable bonds is 6. The molecule has 0 spiro atoms. The van der Waals surface area contributed by atoms with Gasteiger partial charge in [0.25, 0.3) is 0 Å². The van der Waals surface area contributed by atoms with E-state index in [9.17, 15) is 0 Å². The molecule has 0 atom stereocenters. The number of benzene rings is 1. The Kier molecular flexibility index (Phi) is 6.84. The van der Waals surface area contributed by atoms with E-state index in [-0.39, 0.29) is 19.0 Å². The van der Waals surface area contributed by atoms with Gasteiger partial charge in [-0.05, 0) is 24.5 Å². The van der Waals surface area contributed by atoms with Crippen LogP contribution >= 0.6 is 24.0 Å². The monoisotopic (exact) mass is 356 g/mol. The van der Waals surface area contributed by atoms with E-state index in [1.165, 1.54) is 25.7 Å². The van der Waals surface area contributed by atoms with Crippen molar-refractivity contribution >= 4 is 24.0 Å². The second kappa shape index (κ2) is 8.64. The summed E-state index contributed by atoms with van der Waals surface area (Å²) >= 11 is 6.31. The molecule has 1 heterocycles. The van der Waals surface area contributed by atoms with E-state index in [2.05, 4.69) is 21.1 Å². The molecular weight excluding hydrogens is 335 g/mol. The second-order valence-corrected chi connectivity index (χ2v) is 6.15. The quantitative estimate of drug-likeness (QED) is 0.856. The summed E-state index contributed by atoms with van der Waals surface area (Å²) in [5.74, 6) is 1.18. The normalized spacial score (nSPS) is 15.1. The van der Waals surface area contributed by atoms with E-state index >= 15 is 0 Å². The van der Waals surface area contributed by atoms with E-state index < -0.39 is 0 Å². The summed E-state index contributed by atoms with van der Waals surface area (Å²) in [6, 6.07) is 8.54. The van der Waals surface area contributed by atoms with Crippen molar-refractivity contribution in [2.45, 2.75) is 51.4 Å². The number of hydrogen-bond acceptors (Lipinski definition) is 5. The highest BCUT2D eigenvalue weighted by molar-refractivity contribution is 6.31. The predicted molar refractivity (Wildman–Crippen MR) is 92.4 cm³/mol. The summed E-state index contributed by atoms with van der Waals surface area (Å²) < 4.78 is 5.11. The van der Waals surface area contributed by atoms with Gasteiger partial charge in [0.15, 0.2) is 5.82 Å². The Morgan fingerprint density at radius 1 is 1.22 bits per heavy atom. The Morgan fingerprint density at radius 2 is 1.96 bits per heavy atom. The van der Waals surface area contributed by atoms with Crippen molar-refractivity contribution in [3.05, 3.63) is 46.6 Å². The van der Waals surface area contributed by atoms with Crippen LogP contribution < -0.4 is 5.73 Å². The van der Waals surface area contributed by atoms with Crippen molar-refractivity contribution in [2.24, 2.45) is 5.73 Å². The molecule has 3 rings (SSSR count). The first kappa shape index (κ1) is 18.2. The molecule has 1 aliphatic rings. The molecule has 1 aromatic carbocycles. The highest BCUT2D eigenvalue weighted by Crippen LogP contribution is 2.27. The molecule has 0 unspecified atom stereocenters. The molecule has 0 bridgehead atoms. The fraction of sp³-hybridized carbons (Fsp3) is 0.500. The zero-order valence-corrected chi connectivity index (χ0v) is 14.5. The van der Waals surface area contributed by atoms with Crippen LogP contribution in [0.25, 0.3) is 0 Å². The van der Waals surface area contributed by atoms with Crippen LogP contribution in [0.15, 0.2) is 28.8 Å². The third kappa shape index (κ3) is 4.67. The van der Waals surface area contributed by atoms with Crippen LogP contribution in [0, 0.1) is 0 Å². The SMILES string of the molecule is Cl.NCc1nc(CN(Cc2ccccc2Cl)C2CCCC2)no1. The zero-order valence-electron chi connectivity index (χ0n) is 12.9. The molecule has 7 heteroatoms. The average Bonchev–Trinajstić information content (AvgIpc) is 3.19. The Labute approximate surface area is 147 Å². The highest BCUT2D eigenvalue weighted by Gasteiger charge is 2.24. The molecule has 0 aliphatic heterocycles. The maximum Gasteiger partial charge on any atom is 0.240 e. The van der Waals surface area contributed by atoms with E-state index in [4.69, 9.17) is 21.9 Å². The van der Waals surface area contributed by atoms with Crippen LogP contribution in [0.5, 0.6) is 0 Å². The summed E-state index contributed by atoms with van der Waals surface area (Å²) in [6.45, 7) is 1.75. The van der Waals surface area contributed by atoms with Gasteiger partial charge in [-0.1, -0.05) is 47.8 Å². The molecule has 126 valence electrons. The van der Waals surface area contributed by atoms with E-state index in [0.29, 0.717) is 24.3 Å². The molecule has 23 heavy (non-hydrogen) atoms. The lowest BCUT2D eigenvalue weighted by Gasteiger charge is -2.28. The van der Waals surface area contributed by atoms with Gasteiger partial charge in [-0.15, -0.1) is 12.4 Å². The van der Waals surface area contributed by atoms with Gasteiger partial charge in [0.1, 0.15) is 0 Å². The largest absolute Gasteiger partial charge is 0.338 e. The van der Waals surface area contributed by atoms with Crippen molar-refractivity contribution in [1.29, 1.82) is 0 Å². The Balaban J connectivity index is 0.00000192. The lowest BCUT2D eigenvalue weighted by Crippen LogP contribution is -2.32. The van der Waals surface area contributed by atoms with Crippen molar-refractivity contribution in [1.82, 2.24) is 15.0 Å². The van der Waals surface area contributed by atoms with E-state index in [1.807, 2.05) is 18.2 Å². The number of halogens is 2. The third-order valence-electron chi connectivity index (χ3n) is 4.20. The minimum absolute atomic E-state index is 0. The van der Waals surface area contributed by atoms with Crippen molar-refractivity contribution in [3.8, 4) is 0 Å². The van der Waals surface area contributed by atoms with Gasteiger partial charge in [-0.3, -0.25) is 4.90 Å². The first-order valence-corrected chi connectivity index (χ1v) is 8.13. The van der Waals surface area contributed by atoms with Crippen LogP contribution in [-0.2, 0) is 19.6 Å². The first-order chi connectivity index (χ1) is 10.8. The van der Waals surface area contributed by atoms with Crippen LogP contribution in [-0.4, -0.2) is 21.1 Å². The molecule has 0 radical (unpaired) electrons. The summed E-state index contributed by atoms with van der Waals surface area (Å²) in [5, 5.41) is 4.83. The summed E-state index contributed by atoms with van der Waals surface area (Å²) in [4.78, 5) is 6.73. The van der Waals surface area contributed by atoms with Gasteiger partial charge >= 0.3 is 0 Å². The minimum Gasteiger partial charge on any atom is -0.338 e. The topological polar surface area (TPSA) is 68.2 Å². The van der Waals surface area contributed by atoms with Gasteiger partial charge in [-0.25, -0.2) is 0 Å². The molecule has 2 N–H and O–H groups in total. The van der Waals surface area contributed by atoms with E-state index in [1.54, 1.807) is 0 Å². The predicted octanol–water partition coefficient (Wildman–Crippen LogP) is 3.55. The zero-order chi connectivity index (χ0) is 15.4. The Hall–Kier alpha value is -1.14. The Morgan fingerprint density at radius 3 is 2.61 bits per heavy atom.